The average molecular weight is 963 g/mol. The molecule has 2 aliphatic rings. The third-order valence-corrected chi connectivity index (χ3v) is 13.5. The van der Waals surface area contributed by atoms with E-state index in [4.69, 9.17) is 18.5 Å². The first-order chi connectivity index (χ1) is 31.6. The summed E-state index contributed by atoms with van der Waals surface area (Å²) in [4.78, 5) is 36.5. The average Bonchev–Trinajstić information content (AvgIpc) is 3.28. The Morgan fingerprint density at radius 1 is 0.773 bits per heavy atom. The number of unbranched alkanes of at least 4 members (excludes halogenated alkanes) is 15. The van der Waals surface area contributed by atoms with E-state index in [9.17, 15) is 59.9 Å². The van der Waals surface area contributed by atoms with Gasteiger partial charge in [0, 0.05) is 31.1 Å². The second-order valence-electron chi connectivity index (χ2n) is 18.3. The van der Waals surface area contributed by atoms with Gasteiger partial charge < -0.3 is 55.2 Å². The van der Waals surface area contributed by atoms with E-state index in [1.54, 1.807) is 12.2 Å². The summed E-state index contributed by atoms with van der Waals surface area (Å²) < 4.78 is 34.7. The summed E-state index contributed by atoms with van der Waals surface area (Å²) >= 11 is 0. The molecule has 1 heterocycles. The van der Waals surface area contributed by atoms with Gasteiger partial charge in [-0.3, -0.25) is 18.6 Å². The van der Waals surface area contributed by atoms with Crippen LogP contribution in [0.5, 0.6) is 0 Å². The highest BCUT2D eigenvalue weighted by molar-refractivity contribution is 7.47. The van der Waals surface area contributed by atoms with Gasteiger partial charge in [-0.25, -0.2) is 4.57 Å². The second kappa shape index (κ2) is 35.1. The number of carbonyl (C=O) groups is 2. The minimum absolute atomic E-state index is 0.0990. The zero-order valence-electron chi connectivity index (χ0n) is 39.8. The Bertz CT molecular complexity index is 1430. The molecule has 2 bridgehead atoms. The van der Waals surface area contributed by atoms with E-state index in [-0.39, 0.29) is 25.7 Å². The molecule has 0 spiro atoms. The van der Waals surface area contributed by atoms with Crippen LogP contribution in [0.15, 0.2) is 36.5 Å². The van der Waals surface area contributed by atoms with Gasteiger partial charge in [0.25, 0.3) is 0 Å². The highest BCUT2D eigenvalue weighted by Gasteiger charge is 2.49. The smallest absolute Gasteiger partial charge is 0.462 e. The Morgan fingerprint density at radius 3 is 2.02 bits per heavy atom. The number of hydrogen-bond donors (Lipinski definition) is 9. The monoisotopic (exact) mass is 963 g/mol. The molecule has 1 fully saturated rings. The van der Waals surface area contributed by atoms with Gasteiger partial charge >= 0.3 is 19.8 Å². The molecule has 13 atom stereocenters. The zero-order valence-corrected chi connectivity index (χ0v) is 40.7. The molecule has 0 aromatic heterocycles. The third-order valence-electron chi connectivity index (χ3n) is 12.5. The van der Waals surface area contributed by atoms with Gasteiger partial charge in [0.05, 0.1) is 37.1 Å². The van der Waals surface area contributed by atoms with E-state index < -0.39 is 112 Å². The molecule has 16 nitrogen and oxygen atoms in total. The maximum absolute atomic E-state index is 13.5. The number of allylic oxidation sites excluding steroid dienone is 4. The number of rotatable bonds is 25. The summed E-state index contributed by atoms with van der Waals surface area (Å²) in [5.74, 6) is -4.01. The Labute approximate surface area is 394 Å². The largest absolute Gasteiger partial charge is 0.472 e. The van der Waals surface area contributed by atoms with Crippen molar-refractivity contribution < 1.29 is 78.4 Å². The molecule has 9 N–H and O–H groups in total. The van der Waals surface area contributed by atoms with E-state index in [0.717, 1.165) is 64.2 Å². The quantitative estimate of drug-likeness (QED) is 0.0203. The fourth-order valence-electron chi connectivity index (χ4n) is 8.34. The molecular weight excluding hydrogens is 875 g/mol. The summed E-state index contributed by atoms with van der Waals surface area (Å²) in [5.41, 5.74) is 0. The molecule has 1 unspecified atom stereocenters. The normalized spacial score (nSPS) is 31.7. The van der Waals surface area contributed by atoms with Crippen molar-refractivity contribution in [2.24, 2.45) is 11.8 Å². The predicted octanol–water partition coefficient (Wildman–Crippen LogP) is 6.55. The molecule has 0 aromatic rings. The van der Waals surface area contributed by atoms with Crippen LogP contribution in [0.1, 0.15) is 174 Å². The molecule has 2 rings (SSSR count). The van der Waals surface area contributed by atoms with E-state index in [1.807, 2.05) is 6.92 Å². The van der Waals surface area contributed by atoms with Gasteiger partial charge in [0.1, 0.15) is 31.0 Å². The van der Waals surface area contributed by atoms with E-state index >= 15 is 0 Å². The minimum Gasteiger partial charge on any atom is -0.462 e. The lowest BCUT2D eigenvalue weighted by molar-refractivity contribution is -0.167. The molecule has 384 valence electrons. The predicted molar refractivity (Wildman–Crippen MR) is 251 cm³/mol. The van der Waals surface area contributed by atoms with E-state index in [1.165, 1.54) is 50.7 Å². The molecule has 0 amide bonds. The van der Waals surface area contributed by atoms with Crippen LogP contribution in [0.25, 0.3) is 0 Å². The first-order valence-corrected chi connectivity index (χ1v) is 26.5. The maximum atomic E-state index is 13.5. The minimum atomic E-state index is -5.44. The first-order valence-electron chi connectivity index (χ1n) is 25.0. The van der Waals surface area contributed by atoms with Gasteiger partial charge in [0.15, 0.2) is 6.10 Å². The summed E-state index contributed by atoms with van der Waals surface area (Å²) in [5, 5.41) is 90.0. The standard InChI is InChI=1S/C49H87O16P/c1-3-5-7-8-9-10-11-12-13-14-15-16-17-18-19-20-25-29-42(53)62-34-37-35-63-66(60,61)65-49-47(58)45(56)39(32-31-36(50)27-23-6-4-2)41(52)33-40(51)38(44(55)46(57)48(49)59)28-24-21-22-26-30-43(54)64-37/h12-13,21,24,31-32,36-41,44-52,55-59H,3-11,14-20,22-23,25-30,33-35H2,1-2H3,(H,60,61)/b13-12-,24-21?,32-31+/t36-,37+,38-,39-,40-,41+,44+,45+,46-,47+,48+,49+/m0/s1. The number of phosphoric acid groups is 1. The molecule has 66 heavy (non-hydrogen) atoms. The molecule has 1 saturated carbocycles. The number of phosphoric ester groups is 1. The lowest BCUT2D eigenvalue weighted by atomic mass is 9.83. The number of carbonyl (C=O) groups excluding carboxylic acids is 2. The Morgan fingerprint density at radius 2 is 1.36 bits per heavy atom. The fourth-order valence-corrected chi connectivity index (χ4v) is 9.31. The Balaban J connectivity index is 2.09. The van der Waals surface area contributed by atoms with E-state index in [0.29, 0.717) is 25.7 Å². The van der Waals surface area contributed by atoms with E-state index in [2.05, 4.69) is 19.1 Å². The number of aliphatic hydroxyl groups excluding tert-OH is 8. The van der Waals surface area contributed by atoms with Crippen LogP contribution >= 0.6 is 7.82 Å². The van der Waals surface area contributed by atoms with Gasteiger partial charge in [-0.2, -0.15) is 0 Å². The SMILES string of the molecule is CCCCCCCC/C=C\CCCCCCCCCC(=O)OC[C@@H]1COP(=O)(O)O[C@H]2[C@H](O)[C@@H](O)[C@H](O)[C@@H](CC=CCCCC(=O)O1)[C@@H](O)C[C@@H](O)[C@H](/C=C/[C@@H](O)CCCCC)[C@@H](O)[C@H]2O. The number of cyclic esters (lactones) is 1. The lowest BCUT2D eigenvalue weighted by Crippen LogP contribution is -2.55. The highest BCUT2D eigenvalue weighted by Crippen LogP contribution is 2.47. The van der Waals surface area contributed by atoms with Crippen molar-refractivity contribution in [2.75, 3.05) is 13.2 Å². The molecule has 1 aliphatic carbocycles. The third kappa shape index (κ3) is 25.0. The summed E-state index contributed by atoms with van der Waals surface area (Å²) in [7, 11) is -5.44. The van der Waals surface area contributed by atoms with Crippen molar-refractivity contribution in [1.82, 2.24) is 0 Å². The van der Waals surface area contributed by atoms with Crippen molar-refractivity contribution in [2.45, 2.75) is 235 Å². The maximum Gasteiger partial charge on any atom is 0.472 e. The van der Waals surface area contributed by atoms with Crippen LogP contribution in [-0.2, 0) is 32.7 Å². The van der Waals surface area contributed by atoms with Crippen molar-refractivity contribution >= 4 is 19.8 Å². The van der Waals surface area contributed by atoms with Crippen LogP contribution in [0.4, 0.5) is 0 Å². The first kappa shape index (κ1) is 60.1. The van der Waals surface area contributed by atoms with Crippen LogP contribution < -0.4 is 0 Å². The van der Waals surface area contributed by atoms with Crippen molar-refractivity contribution in [3.05, 3.63) is 36.5 Å². The van der Waals surface area contributed by atoms with Gasteiger partial charge in [-0.05, 0) is 57.8 Å². The lowest BCUT2D eigenvalue weighted by Gasteiger charge is -2.37. The Hall–Kier alpha value is -2.05. The summed E-state index contributed by atoms with van der Waals surface area (Å²) in [6, 6.07) is 0. The fraction of sp³-hybridized carbons (Fsp3) is 0.837. The van der Waals surface area contributed by atoms with Crippen molar-refractivity contribution in [3.63, 3.8) is 0 Å². The topological polar surface area (TPSA) is 270 Å². The number of fused-ring (bicyclic) bond motifs is 4. The molecule has 0 radical (unpaired) electrons. The van der Waals surface area contributed by atoms with Gasteiger partial charge in [-0.1, -0.05) is 134 Å². The van der Waals surface area contributed by atoms with Crippen molar-refractivity contribution in [1.29, 1.82) is 0 Å². The summed E-state index contributed by atoms with van der Waals surface area (Å²) in [6.45, 7) is 2.83. The van der Waals surface area contributed by atoms with Crippen molar-refractivity contribution in [3.8, 4) is 0 Å². The van der Waals surface area contributed by atoms with Crippen LogP contribution in [-0.4, -0.2) is 132 Å². The molecular formula is C49H87O16P. The van der Waals surface area contributed by atoms with Crippen LogP contribution in [0, 0.1) is 11.8 Å². The number of ether oxygens (including phenoxy) is 2. The molecule has 0 saturated heterocycles. The number of esters is 2. The van der Waals surface area contributed by atoms with Crippen LogP contribution in [0.3, 0.4) is 0 Å². The number of aliphatic hydroxyl groups is 8. The number of hydrogen-bond acceptors (Lipinski definition) is 15. The van der Waals surface area contributed by atoms with Gasteiger partial charge in [0.2, 0.25) is 0 Å². The zero-order chi connectivity index (χ0) is 48.7. The Kier molecular flexibility index (Phi) is 32.0. The highest BCUT2D eigenvalue weighted by atomic mass is 31.2. The molecule has 17 heteroatoms. The molecule has 1 aliphatic heterocycles. The van der Waals surface area contributed by atoms with Crippen LogP contribution in [0.2, 0.25) is 0 Å². The summed E-state index contributed by atoms with van der Waals surface area (Å²) in [6.07, 6.45) is 11.1. The van der Waals surface area contributed by atoms with Gasteiger partial charge in [-0.15, -0.1) is 0 Å². The second-order valence-corrected chi connectivity index (χ2v) is 19.7. The molecule has 0 aromatic carbocycles.